The average molecular weight is 157 g/mol. The molecule has 11 heavy (non-hydrogen) atoms. The van der Waals surface area contributed by atoms with E-state index in [2.05, 4.69) is 4.98 Å². The highest BCUT2D eigenvalue weighted by molar-refractivity contribution is 5.15. The maximum Gasteiger partial charge on any atom is 0.256 e. The summed E-state index contributed by atoms with van der Waals surface area (Å²) < 4.78 is 24.6. The fourth-order valence-corrected chi connectivity index (χ4v) is 0.677. The first-order chi connectivity index (χ1) is 5.22. The number of hydrogen-bond acceptors (Lipinski definition) is 2. The normalized spacial score (nSPS) is 10.0. The van der Waals surface area contributed by atoms with Gasteiger partial charge in [0.25, 0.3) is 6.43 Å². The number of imidazole rings is 1. The van der Waals surface area contributed by atoms with Crippen LogP contribution < -0.4 is 0 Å². The minimum absolute atomic E-state index is 0.158. The maximum atomic E-state index is 11.7. The minimum Gasteiger partial charge on any atom is -0.330 e. The lowest BCUT2D eigenvalue weighted by Crippen LogP contribution is -2.03. The van der Waals surface area contributed by atoms with Crippen LogP contribution in [0.2, 0.25) is 0 Å². The zero-order valence-corrected chi connectivity index (χ0v) is 5.54. The predicted octanol–water partition coefficient (Wildman–Crippen LogP) is 1.02. The molecule has 0 unspecified atom stereocenters. The summed E-state index contributed by atoms with van der Waals surface area (Å²) in [6.45, 7) is -0.408. The quantitative estimate of drug-likeness (QED) is 0.643. The Morgan fingerprint density at radius 1 is 1.73 bits per heavy atom. The molecule has 0 aliphatic rings. The Morgan fingerprint density at radius 3 is 2.91 bits per heavy atom. The van der Waals surface area contributed by atoms with Crippen LogP contribution in [0.1, 0.15) is 5.69 Å². The molecule has 0 spiro atoms. The monoisotopic (exact) mass is 157 g/mol. The van der Waals surface area contributed by atoms with Crippen molar-refractivity contribution in [3.8, 4) is 6.07 Å². The fourth-order valence-electron chi connectivity index (χ4n) is 0.677. The zero-order chi connectivity index (χ0) is 8.27. The van der Waals surface area contributed by atoms with E-state index in [0.717, 1.165) is 0 Å². The van der Waals surface area contributed by atoms with Crippen molar-refractivity contribution in [2.24, 2.45) is 0 Å². The number of nitriles is 1. The van der Waals surface area contributed by atoms with E-state index in [4.69, 9.17) is 5.26 Å². The number of aromatic nitrogens is 2. The number of halogens is 2. The van der Waals surface area contributed by atoms with Crippen LogP contribution in [-0.2, 0) is 6.54 Å². The second-order valence-corrected chi connectivity index (χ2v) is 1.96. The Bertz CT molecular complexity index is 274. The summed E-state index contributed by atoms with van der Waals surface area (Å²) in [4.78, 5) is 3.56. The van der Waals surface area contributed by atoms with Crippen molar-refractivity contribution >= 4 is 0 Å². The van der Waals surface area contributed by atoms with Gasteiger partial charge in [-0.05, 0) is 0 Å². The van der Waals surface area contributed by atoms with Crippen LogP contribution in [0.4, 0.5) is 8.78 Å². The molecule has 0 aromatic carbocycles. The van der Waals surface area contributed by atoms with E-state index in [-0.39, 0.29) is 5.69 Å². The molecule has 1 rings (SSSR count). The first kappa shape index (κ1) is 7.66. The number of alkyl halides is 2. The molecule has 0 aliphatic carbocycles. The molecule has 0 saturated carbocycles. The molecule has 0 saturated heterocycles. The molecule has 0 fully saturated rings. The van der Waals surface area contributed by atoms with Gasteiger partial charge in [0, 0.05) is 6.20 Å². The lowest BCUT2D eigenvalue weighted by Gasteiger charge is -1.97. The Morgan fingerprint density at radius 2 is 2.45 bits per heavy atom. The number of nitrogens with zero attached hydrogens (tertiary/aromatic N) is 3. The smallest absolute Gasteiger partial charge is 0.256 e. The standard InChI is InChI=1S/C6H5F2N3/c7-6(8)3-11-2-5(1-9)10-4-11/h2,4,6H,3H2. The van der Waals surface area contributed by atoms with Gasteiger partial charge in [0.1, 0.15) is 6.07 Å². The average Bonchev–Trinajstić information content (AvgIpc) is 2.34. The molecule has 5 heteroatoms. The van der Waals surface area contributed by atoms with Crippen LogP contribution >= 0.6 is 0 Å². The molecule has 58 valence electrons. The van der Waals surface area contributed by atoms with Gasteiger partial charge in [-0.15, -0.1) is 0 Å². The van der Waals surface area contributed by atoms with Crippen LogP contribution in [0, 0.1) is 11.3 Å². The van der Waals surface area contributed by atoms with Gasteiger partial charge in [-0.3, -0.25) is 0 Å². The van der Waals surface area contributed by atoms with Gasteiger partial charge < -0.3 is 4.57 Å². The number of hydrogen-bond donors (Lipinski definition) is 0. The van der Waals surface area contributed by atoms with Crippen molar-refractivity contribution in [3.63, 3.8) is 0 Å². The second-order valence-electron chi connectivity index (χ2n) is 1.96. The summed E-state index contributed by atoms with van der Waals surface area (Å²) in [5.41, 5.74) is 0.158. The highest BCUT2D eigenvalue weighted by Crippen LogP contribution is 1.99. The van der Waals surface area contributed by atoms with Gasteiger partial charge in [-0.2, -0.15) is 5.26 Å². The second kappa shape index (κ2) is 3.10. The fraction of sp³-hybridized carbons (Fsp3) is 0.333. The van der Waals surface area contributed by atoms with Gasteiger partial charge in [0.2, 0.25) is 0 Å². The molecule has 0 radical (unpaired) electrons. The molecule has 1 heterocycles. The summed E-state index contributed by atoms with van der Waals surface area (Å²) in [7, 11) is 0. The van der Waals surface area contributed by atoms with Gasteiger partial charge in [0.15, 0.2) is 5.69 Å². The summed E-state index contributed by atoms with van der Waals surface area (Å²) in [6, 6.07) is 1.74. The first-order valence-electron chi connectivity index (χ1n) is 2.92. The molecular formula is C6H5F2N3. The lowest BCUT2D eigenvalue weighted by atomic mass is 10.5. The van der Waals surface area contributed by atoms with Gasteiger partial charge in [-0.25, -0.2) is 13.8 Å². The van der Waals surface area contributed by atoms with E-state index in [1.807, 2.05) is 0 Å². The van der Waals surface area contributed by atoms with E-state index < -0.39 is 13.0 Å². The van der Waals surface area contributed by atoms with Gasteiger partial charge in [-0.1, -0.05) is 0 Å². The third kappa shape index (κ3) is 2.00. The summed E-state index contributed by atoms with van der Waals surface area (Å²) in [6.07, 6.45) is 0.0902. The van der Waals surface area contributed by atoms with E-state index >= 15 is 0 Å². The first-order valence-corrected chi connectivity index (χ1v) is 2.92. The molecular weight excluding hydrogens is 152 g/mol. The third-order valence-electron chi connectivity index (χ3n) is 1.10. The Balaban J connectivity index is 2.67. The lowest BCUT2D eigenvalue weighted by molar-refractivity contribution is 0.126. The maximum absolute atomic E-state index is 11.7. The van der Waals surface area contributed by atoms with Crippen LogP contribution in [0.25, 0.3) is 0 Å². The molecule has 3 nitrogen and oxygen atoms in total. The van der Waals surface area contributed by atoms with Crippen LogP contribution in [0.3, 0.4) is 0 Å². The molecule has 0 aliphatic heterocycles. The van der Waals surface area contributed by atoms with E-state index in [0.29, 0.717) is 0 Å². The van der Waals surface area contributed by atoms with Crippen molar-refractivity contribution in [2.75, 3.05) is 0 Å². The van der Waals surface area contributed by atoms with E-state index in [1.165, 1.54) is 17.1 Å². The highest BCUT2D eigenvalue weighted by Gasteiger charge is 2.03. The SMILES string of the molecule is N#Cc1cn(CC(F)F)cn1. The number of rotatable bonds is 2. The molecule has 0 N–H and O–H groups in total. The topological polar surface area (TPSA) is 41.6 Å². The molecule has 1 aromatic heterocycles. The summed E-state index contributed by atoms with van der Waals surface area (Å²) >= 11 is 0. The third-order valence-corrected chi connectivity index (χ3v) is 1.10. The van der Waals surface area contributed by atoms with Crippen molar-refractivity contribution in [2.45, 2.75) is 13.0 Å². The van der Waals surface area contributed by atoms with E-state index in [1.54, 1.807) is 6.07 Å². The largest absolute Gasteiger partial charge is 0.330 e. The van der Waals surface area contributed by atoms with Crippen LogP contribution in [-0.4, -0.2) is 16.0 Å². The van der Waals surface area contributed by atoms with Crippen molar-refractivity contribution in [3.05, 3.63) is 18.2 Å². The van der Waals surface area contributed by atoms with Gasteiger partial charge >= 0.3 is 0 Å². The minimum atomic E-state index is -2.41. The summed E-state index contributed by atoms with van der Waals surface area (Å²) in [5, 5.41) is 8.27. The highest BCUT2D eigenvalue weighted by atomic mass is 19.3. The zero-order valence-electron chi connectivity index (χ0n) is 5.54. The summed E-state index contributed by atoms with van der Waals surface area (Å²) in [5.74, 6) is 0. The van der Waals surface area contributed by atoms with Crippen molar-refractivity contribution < 1.29 is 8.78 Å². The van der Waals surface area contributed by atoms with Crippen molar-refractivity contribution in [1.29, 1.82) is 5.26 Å². The molecule has 0 bridgehead atoms. The van der Waals surface area contributed by atoms with Crippen LogP contribution in [0.5, 0.6) is 0 Å². The van der Waals surface area contributed by atoms with E-state index in [9.17, 15) is 8.78 Å². The predicted molar refractivity (Wildman–Crippen MR) is 32.9 cm³/mol. The Hall–Kier alpha value is -1.44. The van der Waals surface area contributed by atoms with Crippen molar-refractivity contribution in [1.82, 2.24) is 9.55 Å². The van der Waals surface area contributed by atoms with Crippen LogP contribution in [0.15, 0.2) is 12.5 Å². The van der Waals surface area contributed by atoms with Gasteiger partial charge in [0.05, 0.1) is 12.9 Å². The molecule has 0 atom stereocenters. The Labute approximate surface area is 61.9 Å². The molecule has 0 amide bonds. The molecule has 1 aromatic rings. The Kier molecular flexibility index (Phi) is 2.16.